The first-order valence-corrected chi connectivity index (χ1v) is 5.96. The van der Waals surface area contributed by atoms with Crippen molar-refractivity contribution in [2.45, 2.75) is 26.2 Å². The van der Waals surface area contributed by atoms with Crippen molar-refractivity contribution in [1.29, 1.82) is 0 Å². The zero-order valence-electron chi connectivity index (χ0n) is 9.33. The van der Waals surface area contributed by atoms with Crippen LogP contribution in [0.15, 0.2) is 18.2 Å². The van der Waals surface area contributed by atoms with Crippen molar-refractivity contribution in [1.82, 2.24) is 0 Å². The Morgan fingerprint density at radius 2 is 2.25 bits per heavy atom. The molecule has 0 saturated heterocycles. The number of carbonyl (C=O) groups excluding carboxylic acids is 1. The Hall–Kier alpha value is -1.02. The molecule has 86 valence electrons. The molecule has 0 unspecified atom stereocenters. The topological polar surface area (TPSA) is 26.3 Å². The van der Waals surface area contributed by atoms with Gasteiger partial charge in [0, 0.05) is 17.4 Å². The minimum atomic E-state index is 0.329. The summed E-state index contributed by atoms with van der Waals surface area (Å²) in [7, 11) is 0. The highest BCUT2D eigenvalue weighted by atomic mass is 35.5. The Kier molecular flexibility index (Phi) is 3.49. The molecule has 2 nitrogen and oxygen atoms in total. The summed E-state index contributed by atoms with van der Waals surface area (Å²) in [5.74, 6) is 1.45. The van der Waals surface area contributed by atoms with Crippen molar-refractivity contribution in [3.05, 3.63) is 28.8 Å². The first-order chi connectivity index (χ1) is 7.66. The van der Waals surface area contributed by atoms with Gasteiger partial charge in [0.05, 0.1) is 6.61 Å². The molecule has 0 spiro atoms. The van der Waals surface area contributed by atoms with Crippen molar-refractivity contribution in [2.75, 3.05) is 6.61 Å². The summed E-state index contributed by atoms with van der Waals surface area (Å²) in [6, 6.07) is 5.54. The number of benzene rings is 1. The van der Waals surface area contributed by atoms with E-state index in [2.05, 4.69) is 0 Å². The number of ketones is 1. The normalized spacial score (nSPS) is 14.9. The van der Waals surface area contributed by atoms with Crippen LogP contribution in [0.1, 0.15) is 24.8 Å². The number of Topliss-reactive ketones (excluding diaryl/α,β-unsaturated/α-hetero) is 1. The zero-order chi connectivity index (χ0) is 11.5. The van der Waals surface area contributed by atoms with Crippen molar-refractivity contribution in [3.8, 4) is 5.75 Å². The maximum atomic E-state index is 11.4. The second kappa shape index (κ2) is 4.88. The average molecular weight is 239 g/mol. The van der Waals surface area contributed by atoms with E-state index in [0.29, 0.717) is 24.7 Å². The second-order valence-electron chi connectivity index (χ2n) is 4.25. The first-order valence-electron chi connectivity index (χ1n) is 5.58. The summed E-state index contributed by atoms with van der Waals surface area (Å²) in [5, 5.41) is 0.737. The van der Waals surface area contributed by atoms with Gasteiger partial charge >= 0.3 is 0 Å². The van der Waals surface area contributed by atoms with E-state index in [9.17, 15) is 4.79 Å². The van der Waals surface area contributed by atoms with E-state index in [1.807, 2.05) is 25.1 Å². The summed E-state index contributed by atoms with van der Waals surface area (Å²) in [6.45, 7) is 2.40. The molecular formula is C13H15ClO2. The number of halogens is 1. The number of hydrogen-bond acceptors (Lipinski definition) is 2. The molecule has 1 saturated carbocycles. The Labute approximate surface area is 101 Å². The lowest BCUT2D eigenvalue weighted by molar-refractivity contribution is -0.120. The van der Waals surface area contributed by atoms with Crippen LogP contribution in [0.25, 0.3) is 0 Å². The van der Waals surface area contributed by atoms with E-state index in [-0.39, 0.29) is 0 Å². The van der Waals surface area contributed by atoms with E-state index >= 15 is 0 Å². The molecule has 1 aliphatic rings. The highest BCUT2D eigenvalue weighted by molar-refractivity contribution is 6.31. The summed E-state index contributed by atoms with van der Waals surface area (Å²) in [5.41, 5.74) is 0.993. The second-order valence-corrected chi connectivity index (χ2v) is 4.66. The Morgan fingerprint density at radius 3 is 2.88 bits per heavy atom. The minimum Gasteiger partial charge on any atom is -0.493 e. The lowest BCUT2D eigenvalue weighted by Crippen LogP contribution is -2.07. The van der Waals surface area contributed by atoms with E-state index in [4.69, 9.17) is 16.3 Å². The molecule has 2 rings (SSSR count). The van der Waals surface area contributed by atoms with Gasteiger partial charge in [0.25, 0.3) is 0 Å². The van der Waals surface area contributed by atoms with Crippen molar-refractivity contribution >= 4 is 17.4 Å². The van der Waals surface area contributed by atoms with Crippen LogP contribution in [0.4, 0.5) is 0 Å². The van der Waals surface area contributed by atoms with Crippen molar-refractivity contribution < 1.29 is 9.53 Å². The quantitative estimate of drug-likeness (QED) is 0.786. The van der Waals surface area contributed by atoms with Gasteiger partial charge in [0.15, 0.2) is 0 Å². The van der Waals surface area contributed by atoms with Gasteiger partial charge in [-0.05, 0) is 43.5 Å². The smallest absolute Gasteiger partial charge is 0.139 e. The molecular weight excluding hydrogens is 224 g/mol. The largest absolute Gasteiger partial charge is 0.493 e. The van der Waals surface area contributed by atoms with Gasteiger partial charge in [0.2, 0.25) is 0 Å². The number of aryl methyl sites for hydroxylation is 1. The summed E-state index contributed by atoms with van der Waals surface area (Å²) in [6.07, 6.45) is 2.66. The summed E-state index contributed by atoms with van der Waals surface area (Å²) >= 11 is 5.91. The molecule has 0 atom stereocenters. The predicted molar refractivity (Wildman–Crippen MR) is 64.0 cm³/mol. The fourth-order valence-corrected chi connectivity index (χ4v) is 1.70. The molecule has 0 radical (unpaired) electrons. The SMILES string of the molecule is Cc1cc(OCCC(=O)C2CC2)ccc1Cl. The van der Waals surface area contributed by atoms with Crippen LogP contribution >= 0.6 is 11.6 Å². The average Bonchev–Trinajstić information content (AvgIpc) is 3.07. The van der Waals surface area contributed by atoms with Crippen LogP contribution in [0.3, 0.4) is 0 Å². The van der Waals surface area contributed by atoms with Crippen LogP contribution in [0.2, 0.25) is 5.02 Å². The van der Waals surface area contributed by atoms with Crippen LogP contribution in [0, 0.1) is 12.8 Å². The lowest BCUT2D eigenvalue weighted by Gasteiger charge is -2.06. The monoisotopic (exact) mass is 238 g/mol. The molecule has 16 heavy (non-hydrogen) atoms. The lowest BCUT2D eigenvalue weighted by atomic mass is 10.2. The number of rotatable bonds is 5. The molecule has 0 N–H and O–H groups in total. The Balaban J connectivity index is 1.80. The maximum Gasteiger partial charge on any atom is 0.139 e. The number of ether oxygens (including phenoxy) is 1. The van der Waals surface area contributed by atoms with Crippen molar-refractivity contribution in [3.63, 3.8) is 0 Å². The van der Waals surface area contributed by atoms with Gasteiger partial charge < -0.3 is 4.74 Å². The third kappa shape index (κ3) is 2.99. The van der Waals surface area contributed by atoms with Gasteiger partial charge in [-0.25, -0.2) is 0 Å². The zero-order valence-corrected chi connectivity index (χ0v) is 10.1. The predicted octanol–water partition coefficient (Wildman–Crippen LogP) is 3.40. The van der Waals surface area contributed by atoms with Gasteiger partial charge in [-0.3, -0.25) is 4.79 Å². The van der Waals surface area contributed by atoms with Crippen LogP contribution < -0.4 is 4.74 Å². The number of hydrogen-bond donors (Lipinski definition) is 0. The summed E-state index contributed by atoms with van der Waals surface area (Å²) in [4.78, 5) is 11.4. The molecule has 1 aromatic carbocycles. The van der Waals surface area contributed by atoms with E-state index < -0.39 is 0 Å². The first kappa shape index (κ1) is 11.5. The molecule has 0 aromatic heterocycles. The van der Waals surface area contributed by atoms with Crippen LogP contribution in [-0.4, -0.2) is 12.4 Å². The molecule has 0 heterocycles. The maximum absolute atomic E-state index is 11.4. The molecule has 1 aromatic rings. The van der Waals surface area contributed by atoms with E-state index in [1.54, 1.807) is 0 Å². The van der Waals surface area contributed by atoms with E-state index in [0.717, 1.165) is 29.2 Å². The molecule has 0 bridgehead atoms. The number of carbonyl (C=O) groups is 1. The minimum absolute atomic E-state index is 0.329. The highest BCUT2D eigenvalue weighted by Gasteiger charge is 2.28. The molecule has 1 fully saturated rings. The Bertz CT molecular complexity index is 397. The van der Waals surface area contributed by atoms with Gasteiger partial charge in [-0.1, -0.05) is 11.6 Å². The van der Waals surface area contributed by atoms with E-state index in [1.165, 1.54) is 0 Å². The fourth-order valence-electron chi connectivity index (χ4n) is 1.59. The van der Waals surface area contributed by atoms with Crippen molar-refractivity contribution in [2.24, 2.45) is 5.92 Å². The van der Waals surface area contributed by atoms with Gasteiger partial charge in [-0.2, -0.15) is 0 Å². The van der Waals surface area contributed by atoms with Gasteiger partial charge in [-0.15, -0.1) is 0 Å². The van der Waals surface area contributed by atoms with Crippen LogP contribution in [0.5, 0.6) is 5.75 Å². The summed E-state index contributed by atoms with van der Waals surface area (Å²) < 4.78 is 5.51. The molecule has 3 heteroatoms. The third-order valence-electron chi connectivity index (χ3n) is 2.78. The molecule has 1 aliphatic carbocycles. The van der Waals surface area contributed by atoms with Gasteiger partial charge in [0.1, 0.15) is 11.5 Å². The molecule has 0 amide bonds. The molecule has 0 aliphatic heterocycles. The third-order valence-corrected chi connectivity index (χ3v) is 3.20. The van der Waals surface area contributed by atoms with Crippen LogP contribution in [-0.2, 0) is 4.79 Å². The fraction of sp³-hybridized carbons (Fsp3) is 0.462. The standard InChI is InChI=1S/C13H15ClO2/c1-9-8-11(4-5-12(9)14)16-7-6-13(15)10-2-3-10/h4-5,8,10H,2-3,6-7H2,1H3. The highest BCUT2D eigenvalue weighted by Crippen LogP contribution is 2.30. The Morgan fingerprint density at radius 1 is 1.50 bits per heavy atom.